The number of non-ortho nitro benzene ring substituents is 1. The first-order valence-electron chi connectivity index (χ1n) is 7.40. The number of phenols is 1. The molecular weight excluding hydrogens is 412 g/mol. The van der Waals surface area contributed by atoms with E-state index in [9.17, 15) is 20.0 Å². The minimum absolute atomic E-state index is 0.0687. The molecule has 1 aliphatic rings. The molecule has 2 aromatic rings. The Bertz CT molecular complexity index is 1010. The van der Waals surface area contributed by atoms with Crippen LogP contribution in [0.2, 0.25) is 5.02 Å². The van der Waals surface area contributed by atoms with Crippen LogP contribution in [0.3, 0.4) is 0 Å². The lowest BCUT2D eigenvalue weighted by molar-refractivity contribution is -0.385. The van der Waals surface area contributed by atoms with Gasteiger partial charge < -0.3 is 9.84 Å². The molecule has 1 saturated heterocycles. The number of thioether (sulfide) groups is 1. The van der Waals surface area contributed by atoms with Crippen LogP contribution in [0, 0.1) is 10.1 Å². The predicted octanol–water partition coefficient (Wildman–Crippen LogP) is 4.37. The molecule has 0 atom stereocenters. The van der Waals surface area contributed by atoms with Crippen LogP contribution in [0.1, 0.15) is 5.56 Å². The molecule has 10 heteroatoms. The van der Waals surface area contributed by atoms with Crippen LogP contribution >= 0.6 is 35.6 Å². The SMILES string of the molecule is COc1cc([N+](=O)[O-])cc(/C=C2\SC(=S)N(c3cccc(Cl)c3)C2=O)c1O. The fourth-order valence-electron chi connectivity index (χ4n) is 2.43. The van der Waals surface area contributed by atoms with E-state index in [1.165, 1.54) is 18.1 Å². The van der Waals surface area contributed by atoms with Crippen molar-refractivity contribution in [3.05, 3.63) is 62.0 Å². The number of hydrogen-bond acceptors (Lipinski definition) is 7. The first kappa shape index (κ1) is 19.2. The molecule has 1 N–H and O–H groups in total. The summed E-state index contributed by atoms with van der Waals surface area (Å²) < 4.78 is 5.25. The standard InChI is InChI=1S/C17H11ClN2O5S2/c1-25-13-8-12(20(23)24)5-9(15(13)21)6-14-16(22)19(17(26)27-14)11-4-2-3-10(18)7-11/h2-8,21H,1H3/b14-6-. The molecule has 7 nitrogen and oxygen atoms in total. The number of aromatic hydroxyl groups is 1. The predicted molar refractivity (Wildman–Crippen MR) is 108 cm³/mol. The Balaban J connectivity index is 2.04. The zero-order valence-corrected chi connectivity index (χ0v) is 16.1. The molecule has 1 fully saturated rings. The number of anilines is 1. The van der Waals surface area contributed by atoms with E-state index >= 15 is 0 Å². The Morgan fingerprint density at radius 2 is 2.11 bits per heavy atom. The number of ether oxygens (including phenoxy) is 1. The lowest BCUT2D eigenvalue weighted by atomic mass is 10.1. The summed E-state index contributed by atoms with van der Waals surface area (Å²) >= 11 is 12.3. The highest BCUT2D eigenvalue weighted by atomic mass is 35.5. The molecule has 2 aromatic carbocycles. The third-order valence-corrected chi connectivity index (χ3v) is 5.20. The molecule has 0 bridgehead atoms. The lowest BCUT2D eigenvalue weighted by Gasteiger charge is -2.14. The second-order valence-electron chi connectivity index (χ2n) is 5.34. The van der Waals surface area contributed by atoms with Gasteiger partial charge in [-0.2, -0.15) is 0 Å². The molecular formula is C17H11ClN2O5S2. The van der Waals surface area contributed by atoms with Gasteiger partial charge in [-0.25, -0.2) is 0 Å². The van der Waals surface area contributed by atoms with Crippen LogP contribution in [0.5, 0.6) is 11.5 Å². The number of nitro groups is 1. The number of nitrogens with zero attached hydrogens (tertiary/aromatic N) is 2. The van der Waals surface area contributed by atoms with Crippen LogP contribution in [0.4, 0.5) is 11.4 Å². The van der Waals surface area contributed by atoms with Gasteiger partial charge in [0.15, 0.2) is 15.8 Å². The van der Waals surface area contributed by atoms with E-state index in [2.05, 4.69) is 0 Å². The van der Waals surface area contributed by atoms with Crippen LogP contribution in [0.25, 0.3) is 6.08 Å². The third-order valence-electron chi connectivity index (χ3n) is 3.67. The summed E-state index contributed by atoms with van der Waals surface area (Å²) in [6, 6.07) is 8.91. The highest BCUT2D eigenvalue weighted by Gasteiger charge is 2.34. The van der Waals surface area contributed by atoms with Crippen molar-refractivity contribution in [1.29, 1.82) is 0 Å². The molecule has 0 saturated carbocycles. The maximum atomic E-state index is 12.8. The van der Waals surface area contributed by atoms with Gasteiger partial charge in [-0.05, 0) is 24.3 Å². The summed E-state index contributed by atoms with van der Waals surface area (Å²) in [5.74, 6) is -0.797. The number of nitro benzene ring substituents is 1. The van der Waals surface area contributed by atoms with Crippen molar-refractivity contribution < 1.29 is 19.6 Å². The van der Waals surface area contributed by atoms with Crippen molar-refractivity contribution in [3.8, 4) is 11.5 Å². The molecule has 138 valence electrons. The van der Waals surface area contributed by atoms with Crippen molar-refractivity contribution >= 4 is 63.3 Å². The summed E-state index contributed by atoms with van der Waals surface area (Å²) in [4.78, 5) is 24.8. The summed E-state index contributed by atoms with van der Waals surface area (Å²) in [7, 11) is 1.28. The maximum Gasteiger partial charge on any atom is 0.274 e. The highest BCUT2D eigenvalue weighted by molar-refractivity contribution is 8.27. The summed E-state index contributed by atoms with van der Waals surface area (Å²) in [5, 5.41) is 21.8. The molecule has 1 aliphatic heterocycles. The topological polar surface area (TPSA) is 92.9 Å². The van der Waals surface area contributed by atoms with Crippen LogP contribution in [0.15, 0.2) is 41.3 Å². The van der Waals surface area contributed by atoms with E-state index in [1.54, 1.807) is 24.3 Å². The van der Waals surface area contributed by atoms with Crippen LogP contribution < -0.4 is 9.64 Å². The van der Waals surface area contributed by atoms with Crippen molar-refractivity contribution in [2.24, 2.45) is 0 Å². The van der Waals surface area contributed by atoms with Crippen molar-refractivity contribution in [3.63, 3.8) is 0 Å². The van der Waals surface area contributed by atoms with E-state index in [1.807, 2.05) is 0 Å². The molecule has 1 heterocycles. The number of amides is 1. The molecule has 0 aromatic heterocycles. The fourth-order valence-corrected chi connectivity index (χ4v) is 3.91. The number of halogens is 1. The van der Waals surface area contributed by atoms with Gasteiger partial charge in [0.05, 0.1) is 28.7 Å². The minimum atomic E-state index is -0.615. The molecule has 0 spiro atoms. The Morgan fingerprint density at radius 1 is 1.37 bits per heavy atom. The number of phenolic OH excluding ortho intramolecular Hbond substituents is 1. The largest absolute Gasteiger partial charge is 0.504 e. The van der Waals surface area contributed by atoms with Gasteiger partial charge >= 0.3 is 0 Å². The van der Waals surface area contributed by atoms with Crippen LogP contribution in [-0.4, -0.2) is 27.4 Å². The Kier molecular flexibility index (Phi) is 5.36. The number of benzene rings is 2. The average Bonchev–Trinajstić information content (AvgIpc) is 2.90. The molecule has 0 aliphatic carbocycles. The Labute approximate surface area is 168 Å². The van der Waals surface area contributed by atoms with Gasteiger partial charge in [-0.1, -0.05) is 41.6 Å². The fraction of sp³-hybridized carbons (Fsp3) is 0.0588. The monoisotopic (exact) mass is 422 g/mol. The number of thiocarbonyl (C=S) groups is 1. The van der Waals surface area contributed by atoms with E-state index < -0.39 is 10.8 Å². The molecule has 0 unspecified atom stereocenters. The summed E-state index contributed by atoms with van der Waals surface area (Å²) in [6.45, 7) is 0. The molecule has 0 radical (unpaired) electrons. The zero-order chi connectivity index (χ0) is 19.7. The van der Waals surface area contributed by atoms with Crippen molar-refractivity contribution in [2.45, 2.75) is 0 Å². The van der Waals surface area contributed by atoms with Gasteiger partial charge in [-0.3, -0.25) is 19.8 Å². The Morgan fingerprint density at radius 3 is 2.74 bits per heavy atom. The number of rotatable bonds is 4. The summed E-state index contributed by atoms with van der Waals surface area (Å²) in [6.07, 6.45) is 1.34. The van der Waals surface area contributed by atoms with E-state index in [0.717, 1.165) is 23.9 Å². The van der Waals surface area contributed by atoms with Gasteiger partial charge in [0.2, 0.25) is 0 Å². The van der Waals surface area contributed by atoms with Gasteiger partial charge in [0.1, 0.15) is 0 Å². The third kappa shape index (κ3) is 3.75. The molecule has 3 rings (SSSR count). The van der Waals surface area contributed by atoms with Gasteiger partial charge in [0.25, 0.3) is 11.6 Å². The van der Waals surface area contributed by atoms with Crippen molar-refractivity contribution in [2.75, 3.05) is 12.0 Å². The van der Waals surface area contributed by atoms with Crippen LogP contribution in [-0.2, 0) is 4.79 Å². The lowest BCUT2D eigenvalue weighted by Crippen LogP contribution is -2.27. The smallest absolute Gasteiger partial charge is 0.274 e. The molecule has 27 heavy (non-hydrogen) atoms. The van der Waals surface area contributed by atoms with E-state index in [0.29, 0.717) is 10.7 Å². The second-order valence-corrected chi connectivity index (χ2v) is 7.45. The van der Waals surface area contributed by atoms with Crippen molar-refractivity contribution in [1.82, 2.24) is 0 Å². The number of carbonyl (C=O) groups is 1. The zero-order valence-electron chi connectivity index (χ0n) is 13.7. The van der Waals surface area contributed by atoms with E-state index in [4.69, 9.17) is 28.6 Å². The number of hydrogen-bond donors (Lipinski definition) is 1. The first-order valence-corrected chi connectivity index (χ1v) is 9.01. The second kappa shape index (κ2) is 7.55. The summed E-state index contributed by atoms with van der Waals surface area (Å²) in [5.41, 5.74) is 0.308. The number of carbonyl (C=O) groups excluding carboxylic acids is 1. The first-order chi connectivity index (χ1) is 12.8. The highest BCUT2D eigenvalue weighted by Crippen LogP contribution is 2.40. The Hall–Kier alpha value is -2.62. The normalized spacial score (nSPS) is 15.5. The quantitative estimate of drug-likeness (QED) is 0.338. The maximum absolute atomic E-state index is 12.8. The minimum Gasteiger partial charge on any atom is -0.504 e. The van der Waals surface area contributed by atoms with Gasteiger partial charge in [0, 0.05) is 16.7 Å². The number of methoxy groups -OCH3 is 1. The van der Waals surface area contributed by atoms with E-state index in [-0.39, 0.29) is 32.0 Å². The average molecular weight is 423 g/mol. The van der Waals surface area contributed by atoms with Gasteiger partial charge in [-0.15, -0.1) is 0 Å². The molecule has 1 amide bonds.